The second-order valence-corrected chi connectivity index (χ2v) is 12.1. The van der Waals surface area contributed by atoms with Crippen molar-refractivity contribution in [2.45, 2.75) is 97.2 Å². The van der Waals surface area contributed by atoms with Gasteiger partial charge in [-0.3, -0.25) is 9.59 Å². The fourth-order valence-electron chi connectivity index (χ4n) is 9.00. The van der Waals surface area contributed by atoms with E-state index in [9.17, 15) is 19.8 Å². The Morgan fingerprint density at radius 1 is 1.00 bits per heavy atom. The quantitative estimate of drug-likeness (QED) is 0.496. The molecule has 4 aliphatic carbocycles. The molecule has 4 aliphatic rings. The number of carbonyl (C=O) groups excluding carboxylic acids is 1. The van der Waals surface area contributed by atoms with Crippen LogP contribution in [-0.4, -0.2) is 45.9 Å². The fourth-order valence-corrected chi connectivity index (χ4v) is 9.00. The van der Waals surface area contributed by atoms with E-state index in [1.807, 2.05) is 0 Å². The Bertz CT molecular complexity index is 727. The Labute approximate surface area is 192 Å². The highest BCUT2D eigenvalue weighted by Gasteiger charge is 2.62. The molecule has 32 heavy (non-hydrogen) atoms. The van der Waals surface area contributed by atoms with Gasteiger partial charge < -0.3 is 20.6 Å². The summed E-state index contributed by atoms with van der Waals surface area (Å²) in [7, 11) is 0. The molecule has 0 spiro atoms. The largest absolute Gasteiger partial charge is 0.480 e. The smallest absolute Gasteiger partial charge is 0.322 e. The number of aliphatic hydroxyl groups is 2. The second kappa shape index (κ2) is 8.90. The van der Waals surface area contributed by atoms with Crippen LogP contribution in [0.1, 0.15) is 85.0 Å². The summed E-state index contributed by atoms with van der Waals surface area (Å²) in [6.45, 7) is 6.83. The van der Waals surface area contributed by atoms with E-state index in [0.29, 0.717) is 41.9 Å². The summed E-state index contributed by atoms with van der Waals surface area (Å²) in [6, 6.07) is 0. The van der Waals surface area contributed by atoms with Gasteiger partial charge in [-0.15, -0.1) is 0 Å². The van der Waals surface area contributed by atoms with Crippen molar-refractivity contribution >= 4 is 11.9 Å². The number of aliphatic hydroxyl groups excluding tert-OH is 2. The summed E-state index contributed by atoms with van der Waals surface area (Å²) in [5.41, 5.74) is 0.451. The van der Waals surface area contributed by atoms with E-state index >= 15 is 0 Å². The third-order valence-corrected chi connectivity index (χ3v) is 10.7. The van der Waals surface area contributed by atoms with Crippen molar-refractivity contribution in [3.63, 3.8) is 0 Å². The lowest BCUT2D eigenvalue weighted by atomic mass is 9.43. The molecule has 0 aliphatic heterocycles. The number of aliphatic carboxylic acids is 1. The normalized spacial score (nSPS) is 46.5. The maximum atomic E-state index is 12.0. The first kappa shape index (κ1) is 24.0. The highest BCUT2D eigenvalue weighted by Crippen LogP contribution is 2.68. The molecule has 182 valence electrons. The first-order chi connectivity index (χ1) is 15.1. The van der Waals surface area contributed by atoms with Gasteiger partial charge in [-0.2, -0.15) is 0 Å². The molecule has 0 heterocycles. The molecule has 4 saturated carbocycles. The standard InChI is InChI=1S/C26H43NO5/c1-15(4-7-22(30)27-14-23(31)32)18-5-6-19-24-20(9-11-26(18,19)3)25(2)10-8-17(28)12-16(25)13-21(24)29/h15-21,24,28-29H,4-14H2,1-3H3,(H,27,30)(H,31,32)/t15?,16-,17+,18+,19-,20-,21?,24-,25-,26+/m0/s1. The Morgan fingerprint density at radius 2 is 1.69 bits per heavy atom. The highest BCUT2D eigenvalue weighted by atomic mass is 16.4. The molecular formula is C26H43NO5. The number of rotatable bonds is 6. The molecule has 2 unspecified atom stereocenters. The first-order valence-corrected chi connectivity index (χ1v) is 12.9. The van der Waals surface area contributed by atoms with Crippen LogP contribution in [0.4, 0.5) is 0 Å². The number of hydrogen-bond acceptors (Lipinski definition) is 4. The predicted octanol–water partition coefficient (Wildman–Crippen LogP) is 3.59. The minimum absolute atomic E-state index is 0.177. The molecule has 4 rings (SSSR count). The minimum atomic E-state index is -1.01. The molecule has 6 nitrogen and oxygen atoms in total. The van der Waals surface area contributed by atoms with Gasteiger partial charge in [0.25, 0.3) is 0 Å². The maximum absolute atomic E-state index is 12.0. The topological polar surface area (TPSA) is 107 Å². The highest BCUT2D eigenvalue weighted by molar-refractivity contribution is 5.81. The van der Waals surface area contributed by atoms with Crippen molar-refractivity contribution in [2.75, 3.05) is 6.54 Å². The third-order valence-electron chi connectivity index (χ3n) is 10.7. The van der Waals surface area contributed by atoms with E-state index in [1.54, 1.807) is 0 Å². The van der Waals surface area contributed by atoms with Gasteiger partial charge >= 0.3 is 5.97 Å². The zero-order chi connectivity index (χ0) is 23.3. The Morgan fingerprint density at radius 3 is 2.41 bits per heavy atom. The van der Waals surface area contributed by atoms with E-state index in [2.05, 4.69) is 26.1 Å². The molecule has 4 fully saturated rings. The molecule has 0 aromatic rings. The zero-order valence-corrected chi connectivity index (χ0v) is 20.1. The van der Waals surface area contributed by atoms with Crippen LogP contribution in [0.25, 0.3) is 0 Å². The van der Waals surface area contributed by atoms with E-state index in [-0.39, 0.29) is 35.5 Å². The molecule has 6 heteroatoms. The minimum Gasteiger partial charge on any atom is -0.480 e. The van der Waals surface area contributed by atoms with Crippen LogP contribution < -0.4 is 5.32 Å². The average molecular weight is 450 g/mol. The van der Waals surface area contributed by atoms with Gasteiger partial charge in [0.1, 0.15) is 6.54 Å². The van der Waals surface area contributed by atoms with Crippen LogP contribution in [0.15, 0.2) is 0 Å². The number of nitrogens with one attached hydrogen (secondary N) is 1. The lowest BCUT2D eigenvalue weighted by Gasteiger charge is -2.62. The van der Waals surface area contributed by atoms with Crippen molar-refractivity contribution in [1.82, 2.24) is 5.32 Å². The zero-order valence-electron chi connectivity index (χ0n) is 20.1. The van der Waals surface area contributed by atoms with Crippen molar-refractivity contribution in [2.24, 2.45) is 46.3 Å². The van der Waals surface area contributed by atoms with Crippen LogP contribution in [0, 0.1) is 46.3 Å². The monoisotopic (exact) mass is 449 g/mol. The SMILES string of the molecule is CC(CCC(=O)NCC(=O)O)[C@H]1CC[C@H]2[C@@H]3C(O)C[C@@H]4C[C@H](O)CC[C@]4(C)[C@H]3CC[C@]12C. The van der Waals surface area contributed by atoms with Crippen molar-refractivity contribution in [1.29, 1.82) is 0 Å². The molecule has 0 radical (unpaired) electrons. The number of carboxylic acid groups (broad SMARTS) is 1. The summed E-state index contributed by atoms with van der Waals surface area (Å²) < 4.78 is 0. The Hall–Kier alpha value is -1.14. The maximum Gasteiger partial charge on any atom is 0.322 e. The lowest BCUT2D eigenvalue weighted by molar-refractivity contribution is -0.174. The molecule has 0 saturated heterocycles. The van der Waals surface area contributed by atoms with Crippen LogP contribution >= 0.6 is 0 Å². The molecular weight excluding hydrogens is 406 g/mol. The summed E-state index contributed by atoms with van der Waals surface area (Å²) in [5, 5.41) is 32.8. The number of amides is 1. The average Bonchev–Trinajstić information content (AvgIpc) is 3.09. The van der Waals surface area contributed by atoms with Gasteiger partial charge in [-0.25, -0.2) is 0 Å². The van der Waals surface area contributed by atoms with Crippen LogP contribution in [0.3, 0.4) is 0 Å². The first-order valence-electron chi connectivity index (χ1n) is 12.9. The van der Waals surface area contributed by atoms with Gasteiger partial charge in [0.15, 0.2) is 0 Å². The van der Waals surface area contributed by atoms with Crippen LogP contribution in [0.2, 0.25) is 0 Å². The van der Waals surface area contributed by atoms with E-state index < -0.39 is 5.97 Å². The number of hydrogen-bond donors (Lipinski definition) is 4. The third kappa shape index (κ3) is 4.11. The second-order valence-electron chi connectivity index (χ2n) is 12.1. The number of carbonyl (C=O) groups is 2. The molecule has 0 aromatic carbocycles. The molecule has 10 atom stereocenters. The number of carboxylic acids is 1. The van der Waals surface area contributed by atoms with Gasteiger partial charge in [0.2, 0.25) is 5.91 Å². The predicted molar refractivity (Wildman–Crippen MR) is 122 cm³/mol. The molecule has 0 bridgehead atoms. The summed E-state index contributed by atoms with van der Waals surface area (Å²) in [5.74, 6) is 1.66. The summed E-state index contributed by atoms with van der Waals surface area (Å²) in [6.07, 6.45) is 9.06. The summed E-state index contributed by atoms with van der Waals surface area (Å²) in [4.78, 5) is 22.7. The van der Waals surface area contributed by atoms with E-state index in [0.717, 1.165) is 44.9 Å². The van der Waals surface area contributed by atoms with Crippen LogP contribution in [-0.2, 0) is 9.59 Å². The summed E-state index contributed by atoms with van der Waals surface area (Å²) >= 11 is 0. The Kier molecular flexibility index (Phi) is 6.68. The lowest BCUT2D eigenvalue weighted by Crippen LogP contribution is -2.58. The van der Waals surface area contributed by atoms with Gasteiger partial charge in [0.05, 0.1) is 12.2 Å². The van der Waals surface area contributed by atoms with Crippen molar-refractivity contribution < 1.29 is 24.9 Å². The molecule has 4 N–H and O–H groups in total. The fraction of sp³-hybridized carbons (Fsp3) is 0.923. The van der Waals surface area contributed by atoms with E-state index in [1.165, 1.54) is 12.8 Å². The van der Waals surface area contributed by atoms with Crippen molar-refractivity contribution in [3.05, 3.63) is 0 Å². The number of fused-ring (bicyclic) bond motifs is 5. The van der Waals surface area contributed by atoms with Crippen LogP contribution in [0.5, 0.6) is 0 Å². The molecule has 1 amide bonds. The molecule has 0 aromatic heterocycles. The van der Waals surface area contributed by atoms with Crippen molar-refractivity contribution in [3.8, 4) is 0 Å². The van der Waals surface area contributed by atoms with E-state index in [4.69, 9.17) is 5.11 Å². The van der Waals surface area contributed by atoms with Gasteiger partial charge in [-0.1, -0.05) is 20.8 Å². The Balaban J connectivity index is 1.44. The van der Waals surface area contributed by atoms with Gasteiger partial charge in [0, 0.05) is 6.42 Å². The van der Waals surface area contributed by atoms with Gasteiger partial charge in [-0.05, 0) is 104 Å².